The first-order valence-electron chi connectivity index (χ1n) is 26.9. The van der Waals surface area contributed by atoms with Gasteiger partial charge in [-0.1, -0.05) is 259 Å². The minimum absolute atomic E-state index is 0.720. The molecule has 2 nitrogen and oxygen atoms in total. The van der Waals surface area contributed by atoms with Crippen LogP contribution in [0.3, 0.4) is 0 Å². The lowest BCUT2D eigenvalue weighted by molar-refractivity contribution is 0.211. The highest BCUT2D eigenvalue weighted by Crippen LogP contribution is 2.16. The molecule has 2 heteroatoms. The summed E-state index contributed by atoms with van der Waals surface area (Å²) in [6.45, 7) is 24.0. The van der Waals surface area contributed by atoms with Crippen LogP contribution in [-0.4, -0.2) is 48.1 Å². The second-order valence-electron chi connectivity index (χ2n) is 19.0. The maximum atomic E-state index is 2.73. The van der Waals surface area contributed by atoms with Crippen LogP contribution >= 0.6 is 0 Å². The Bertz CT molecular complexity index is 555. The average Bonchev–Trinajstić information content (AvgIpc) is 3.19. The Hall–Kier alpha value is -0.0800. The minimum atomic E-state index is 0.720. The first-order valence-corrected chi connectivity index (χ1v) is 26.9. The molecule has 0 saturated heterocycles. The van der Waals surface area contributed by atoms with Crippen molar-refractivity contribution in [2.24, 2.45) is 0 Å². The maximum absolute atomic E-state index is 2.73. The van der Waals surface area contributed by atoms with Gasteiger partial charge in [0, 0.05) is 12.1 Å². The number of nitrogens with zero attached hydrogens (tertiary/aromatic N) is 2. The van der Waals surface area contributed by atoms with E-state index in [1.54, 1.807) is 0 Å². The third-order valence-corrected chi connectivity index (χ3v) is 12.7. The van der Waals surface area contributed by atoms with Gasteiger partial charge in [0.05, 0.1) is 0 Å². The lowest BCUT2D eigenvalue weighted by Gasteiger charge is -2.26. The van der Waals surface area contributed by atoms with Crippen molar-refractivity contribution in [3.63, 3.8) is 0 Å². The van der Waals surface area contributed by atoms with E-state index in [9.17, 15) is 0 Å². The Morgan fingerprint density at radius 1 is 0.196 bits per heavy atom. The van der Waals surface area contributed by atoms with Crippen molar-refractivity contribution in [3.8, 4) is 0 Å². The standard InChI is InChI=1S/2C27H57N/c2*1-5-7-9-11-13-15-17-19-21-23-25-28(27(3)4)26-24-22-20-18-16-14-12-10-8-6-2/h2*27H,5-26H2,1-4H3. The molecular weight excluding hydrogens is 677 g/mol. The van der Waals surface area contributed by atoms with Gasteiger partial charge >= 0.3 is 0 Å². The summed E-state index contributed by atoms with van der Waals surface area (Å²) in [6, 6.07) is 1.44. The van der Waals surface area contributed by atoms with Gasteiger partial charge in [0.1, 0.15) is 0 Å². The molecule has 0 aliphatic heterocycles. The van der Waals surface area contributed by atoms with Gasteiger partial charge in [-0.25, -0.2) is 0 Å². The Morgan fingerprint density at radius 3 is 0.446 bits per heavy atom. The summed E-state index contributed by atoms with van der Waals surface area (Å²) >= 11 is 0. The summed E-state index contributed by atoms with van der Waals surface area (Å²) in [4.78, 5) is 5.46. The van der Waals surface area contributed by atoms with E-state index in [-0.39, 0.29) is 0 Å². The van der Waals surface area contributed by atoms with E-state index >= 15 is 0 Å². The smallest absolute Gasteiger partial charge is 0.00385 e. The third-order valence-electron chi connectivity index (χ3n) is 12.7. The maximum Gasteiger partial charge on any atom is 0.00385 e. The Balaban J connectivity index is 0. The molecule has 0 aliphatic rings. The molecule has 0 N–H and O–H groups in total. The van der Waals surface area contributed by atoms with E-state index < -0.39 is 0 Å². The number of rotatable bonds is 46. The molecule has 0 unspecified atom stereocenters. The normalized spacial score (nSPS) is 11.8. The quantitative estimate of drug-likeness (QED) is 0.0567. The van der Waals surface area contributed by atoms with Gasteiger partial charge in [0.2, 0.25) is 0 Å². The molecule has 0 amide bonds. The first-order chi connectivity index (χ1) is 27.4. The highest BCUT2D eigenvalue weighted by Gasteiger charge is 2.10. The molecule has 0 aromatic carbocycles. The van der Waals surface area contributed by atoms with E-state index in [4.69, 9.17) is 0 Å². The van der Waals surface area contributed by atoms with Gasteiger partial charge in [0.15, 0.2) is 0 Å². The summed E-state index contributed by atoms with van der Waals surface area (Å²) in [5.41, 5.74) is 0. The van der Waals surface area contributed by atoms with Crippen LogP contribution in [0.15, 0.2) is 0 Å². The van der Waals surface area contributed by atoms with Gasteiger partial charge < -0.3 is 9.80 Å². The van der Waals surface area contributed by atoms with Crippen LogP contribution in [-0.2, 0) is 0 Å². The number of hydrogen-bond acceptors (Lipinski definition) is 2. The zero-order valence-corrected chi connectivity index (χ0v) is 41.2. The molecular formula is C54H114N2. The lowest BCUT2D eigenvalue weighted by Crippen LogP contribution is -2.32. The van der Waals surface area contributed by atoms with Gasteiger partial charge in [-0.3, -0.25) is 0 Å². The molecule has 0 aromatic heterocycles. The summed E-state index contributed by atoms with van der Waals surface area (Å²) in [6.07, 6.45) is 57.7. The Labute approximate surface area is 359 Å². The largest absolute Gasteiger partial charge is 0.301 e. The summed E-state index contributed by atoms with van der Waals surface area (Å²) < 4.78 is 0. The zero-order valence-electron chi connectivity index (χ0n) is 41.2. The van der Waals surface area contributed by atoms with Crippen LogP contribution < -0.4 is 0 Å². The highest BCUT2D eigenvalue weighted by atomic mass is 15.1. The molecule has 0 fully saturated rings. The molecule has 0 bridgehead atoms. The highest BCUT2D eigenvalue weighted by molar-refractivity contribution is 4.65. The van der Waals surface area contributed by atoms with Crippen molar-refractivity contribution in [2.75, 3.05) is 26.2 Å². The molecule has 0 heterocycles. The molecule has 0 rings (SSSR count). The third kappa shape index (κ3) is 48.3. The fourth-order valence-electron chi connectivity index (χ4n) is 8.47. The summed E-state index contributed by atoms with van der Waals surface area (Å²) in [5.74, 6) is 0. The van der Waals surface area contributed by atoms with Crippen LogP contribution in [0.5, 0.6) is 0 Å². The van der Waals surface area contributed by atoms with E-state index in [1.165, 1.54) is 283 Å². The van der Waals surface area contributed by atoms with Crippen molar-refractivity contribution in [2.45, 2.75) is 324 Å². The van der Waals surface area contributed by atoms with Crippen LogP contribution in [0, 0.1) is 0 Å². The van der Waals surface area contributed by atoms with Crippen LogP contribution in [0.4, 0.5) is 0 Å². The second kappa shape index (κ2) is 51.1. The SMILES string of the molecule is CCCCCCCCCCCCN(CCCCCCCCCCCC)C(C)C.CCCCCCCCCCCCN(CCCCCCCCCCCC)C(C)C. The van der Waals surface area contributed by atoms with E-state index in [0.29, 0.717) is 0 Å². The van der Waals surface area contributed by atoms with E-state index in [0.717, 1.165) is 12.1 Å². The fraction of sp³-hybridized carbons (Fsp3) is 1.00. The van der Waals surface area contributed by atoms with Gasteiger partial charge in [-0.2, -0.15) is 0 Å². The lowest BCUT2D eigenvalue weighted by atomic mass is 10.1. The molecule has 340 valence electrons. The molecule has 0 spiro atoms. The molecule has 0 atom stereocenters. The van der Waals surface area contributed by atoms with Crippen molar-refractivity contribution in [3.05, 3.63) is 0 Å². The van der Waals surface area contributed by atoms with Crippen molar-refractivity contribution in [1.82, 2.24) is 9.80 Å². The fourth-order valence-corrected chi connectivity index (χ4v) is 8.47. The molecule has 0 aromatic rings. The molecule has 0 radical (unpaired) electrons. The van der Waals surface area contributed by atoms with Gasteiger partial charge in [-0.05, 0) is 79.6 Å². The Kier molecular flexibility index (Phi) is 52.9. The van der Waals surface area contributed by atoms with Crippen molar-refractivity contribution in [1.29, 1.82) is 0 Å². The monoisotopic (exact) mass is 791 g/mol. The van der Waals surface area contributed by atoms with Gasteiger partial charge in [-0.15, -0.1) is 0 Å². The molecule has 0 aliphatic carbocycles. The second-order valence-corrected chi connectivity index (χ2v) is 19.0. The number of unbranched alkanes of at least 4 members (excludes halogenated alkanes) is 36. The van der Waals surface area contributed by atoms with Crippen molar-refractivity contribution < 1.29 is 0 Å². The van der Waals surface area contributed by atoms with E-state index in [1.807, 2.05) is 0 Å². The van der Waals surface area contributed by atoms with Crippen LogP contribution in [0.1, 0.15) is 312 Å². The average molecular weight is 792 g/mol. The first kappa shape index (κ1) is 58.0. The van der Waals surface area contributed by atoms with Gasteiger partial charge in [0.25, 0.3) is 0 Å². The summed E-state index contributed by atoms with van der Waals surface area (Å²) in [5, 5.41) is 0. The predicted octanol–water partition coefficient (Wildman–Crippen LogP) is 19.1. The van der Waals surface area contributed by atoms with Crippen LogP contribution in [0.2, 0.25) is 0 Å². The predicted molar refractivity (Wildman–Crippen MR) is 261 cm³/mol. The summed E-state index contributed by atoms with van der Waals surface area (Å²) in [7, 11) is 0. The molecule has 0 saturated carbocycles. The minimum Gasteiger partial charge on any atom is -0.301 e. The van der Waals surface area contributed by atoms with E-state index in [2.05, 4.69) is 65.2 Å². The molecule has 56 heavy (non-hydrogen) atoms. The van der Waals surface area contributed by atoms with Crippen molar-refractivity contribution >= 4 is 0 Å². The Morgan fingerprint density at radius 2 is 0.321 bits per heavy atom. The number of hydrogen-bond donors (Lipinski definition) is 0. The topological polar surface area (TPSA) is 6.48 Å². The zero-order chi connectivity index (χ0) is 41.4. The van der Waals surface area contributed by atoms with Crippen LogP contribution in [0.25, 0.3) is 0 Å².